The summed E-state index contributed by atoms with van der Waals surface area (Å²) in [6.07, 6.45) is 0. The van der Waals surface area contributed by atoms with Crippen LogP contribution in [0.25, 0.3) is 0 Å². The van der Waals surface area contributed by atoms with Gasteiger partial charge in [0.2, 0.25) is 0 Å². The van der Waals surface area contributed by atoms with Crippen LogP contribution in [-0.4, -0.2) is 10.0 Å². The fourth-order valence-electron chi connectivity index (χ4n) is 1.77. The van der Waals surface area contributed by atoms with Crippen LogP contribution in [0.2, 0.25) is 10.0 Å². The van der Waals surface area contributed by atoms with E-state index in [9.17, 15) is 10.1 Å². The van der Waals surface area contributed by atoms with Gasteiger partial charge < -0.3 is 9.84 Å². The van der Waals surface area contributed by atoms with Crippen LogP contribution in [0, 0.1) is 10.1 Å². The number of rotatable bonds is 5. The molecule has 0 unspecified atom stereocenters. The van der Waals surface area contributed by atoms with Crippen LogP contribution in [-0.2, 0) is 13.2 Å². The topological polar surface area (TPSA) is 72.6 Å². The van der Waals surface area contributed by atoms with E-state index in [1.807, 2.05) is 0 Å². The van der Waals surface area contributed by atoms with Crippen molar-refractivity contribution in [3.05, 3.63) is 67.7 Å². The van der Waals surface area contributed by atoms with Gasteiger partial charge in [-0.1, -0.05) is 35.3 Å². The second-order valence-corrected chi connectivity index (χ2v) is 5.02. The summed E-state index contributed by atoms with van der Waals surface area (Å²) in [5.41, 5.74) is 0.827. The Bertz CT molecular complexity index is 676. The number of hydrogen-bond acceptors (Lipinski definition) is 4. The first kappa shape index (κ1) is 15.6. The number of nitro groups is 1. The van der Waals surface area contributed by atoms with Gasteiger partial charge in [-0.3, -0.25) is 10.1 Å². The molecule has 0 heterocycles. The maximum absolute atomic E-state index is 11.0. The Morgan fingerprint density at radius 2 is 1.95 bits per heavy atom. The Hall–Kier alpha value is -1.82. The molecule has 0 aliphatic heterocycles. The third kappa shape index (κ3) is 3.64. The van der Waals surface area contributed by atoms with E-state index in [0.29, 0.717) is 16.3 Å². The van der Waals surface area contributed by atoms with E-state index in [-0.39, 0.29) is 29.5 Å². The highest BCUT2D eigenvalue weighted by atomic mass is 35.5. The molecule has 0 amide bonds. The second kappa shape index (κ2) is 6.76. The van der Waals surface area contributed by atoms with E-state index < -0.39 is 4.92 Å². The van der Waals surface area contributed by atoms with Gasteiger partial charge in [0.15, 0.2) is 0 Å². The molecule has 0 radical (unpaired) electrons. The average molecular weight is 328 g/mol. The quantitative estimate of drug-likeness (QED) is 0.666. The normalized spacial score (nSPS) is 10.4. The van der Waals surface area contributed by atoms with Gasteiger partial charge >= 0.3 is 0 Å². The second-order valence-electron chi connectivity index (χ2n) is 4.21. The Kier molecular flexibility index (Phi) is 5.01. The highest BCUT2D eigenvalue weighted by Gasteiger charge is 2.17. The number of nitro benzene ring substituents is 1. The van der Waals surface area contributed by atoms with E-state index in [1.165, 1.54) is 12.1 Å². The average Bonchev–Trinajstić information content (AvgIpc) is 2.46. The fraction of sp³-hybridized carbons (Fsp3) is 0.143. The lowest BCUT2D eigenvalue weighted by atomic mass is 10.2. The first-order valence-electron chi connectivity index (χ1n) is 5.96. The highest BCUT2D eigenvalue weighted by molar-refractivity contribution is 6.32. The van der Waals surface area contributed by atoms with Crippen LogP contribution in [0.3, 0.4) is 0 Å². The molecule has 0 spiro atoms. The monoisotopic (exact) mass is 327 g/mol. The third-order valence-electron chi connectivity index (χ3n) is 2.84. The summed E-state index contributed by atoms with van der Waals surface area (Å²) in [6.45, 7) is -0.204. The molecule has 1 N–H and O–H groups in total. The van der Waals surface area contributed by atoms with Gasteiger partial charge in [0.1, 0.15) is 12.4 Å². The molecule has 0 aliphatic rings. The van der Waals surface area contributed by atoms with Crippen LogP contribution < -0.4 is 4.74 Å². The largest absolute Gasteiger partial charge is 0.487 e. The van der Waals surface area contributed by atoms with E-state index >= 15 is 0 Å². The molecular formula is C14H11Cl2NO4. The maximum Gasteiger partial charge on any atom is 0.277 e. The van der Waals surface area contributed by atoms with Crippen molar-refractivity contribution in [3.63, 3.8) is 0 Å². The van der Waals surface area contributed by atoms with Crippen molar-refractivity contribution in [2.24, 2.45) is 0 Å². The minimum atomic E-state index is -0.513. The number of hydrogen-bond donors (Lipinski definition) is 1. The highest BCUT2D eigenvalue weighted by Crippen LogP contribution is 2.30. The van der Waals surface area contributed by atoms with Gasteiger partial charge in [0.05, 0.1) is 27.1 Å². The molecule has 0 aromatic heterocycles. The van der Waals surface area contributed by atoms with Gasteiger partial charge in [-0.15, -0.1) is 0 Å². The van der Waals surface area contributed by atoms with Crippen molar-refractivity contribution in [2.75, 3.05) is 0 Å². The van der Waals surface area contributed by atoms with Crippen LogP contribution in [0.15, 0.2) is 36.4 Å². The molecule has 0 saturated carbocycles. The summed E-state index contributed by atoms with van der Waals surface area (Å²) in [7, 11) is 0. The summed E-state index contributed by atoms with van der Waals surface area (Å²) in [5.74, 6) is 0.364. The van der Waals surface area contributed by atoms with Crippen LogP contribution in [0.4, 0.5) is 5.69 Å². The van der Waals surface area contributed by atoms with Gasteiger partial charge in [-0.2, -0.15) is 0 Å². The van der Waals surface area contributed by atoms with E-state index in [4.69, 9.17) is 33.0 Å². The predicted molar refractivity (Wildman–Crippen MR) is 79.8 cm³/mol. The van der Waals surface area contributed by atoms with Crippen LogP contribution in [0.1, 0.15) is 11.1 Å². The van der Waals surface area contributed by atoms with Crippen LogP contribution >= 0.6 is 23.2 Å². The van der Waals surface area contributed by atoms with Crippen molar-refractivity contribution in [1.82, 2.24) is 0 Å². The van der Waals surface area contributed by atoms with E-state index in [1.54, 1.807) is 24.3 Å². The molecular weight excluding hydrogens is 317 g/mol. The van der Waals surface area contributed by atoms with E-state index in [2.05, 4.69) is 0 Å². The predicted octanol–water partition coefficient (Wildman–Crippen LogP) is 3.97. The number of ether oxygens (including phenoxy) is 1. The SMILES string of the molecule is O=[N+]([O-])c1cccc(Cl)c1COc1ccc(CO)cc1Cl. The summed E-state index contributed by atoms with van der Waals surface area (Å²) in [5, 5.41) is 20.5. The summed E-state index contributed by atoms with van der Waals surface area (Å²) >= 11 is 12.0. The molecule has 0 saturated heterocycles. The molecule has 0 atom stereocenters. The number of nitrogens with zero attached hydrogens (tertiary/aromatic N) is 1. The van der Waals surface area contributed by atoms with Gasteiger partial charge in [-0.25, -0.2) is 0 Å². The summed E-state index contributed by atoms with van der Waals surface area (Å²) < 4.78 is 5.49. The molecule has 0 bridgehead atoms. The molecule has 0 fully saturated rings. The Morgan fingerprint density at radius 1 is 1.19 bits per heavy atom. The number of halogens is 2. The van der Waals surface area contributed by atoms with Crippen molar-refractivity contribution in [3.8, 4) is 5.75 Å². The smallest absolute Gasteiger partial charge is 0.277 e. The minimum absolute atomic E-state index is 0.0752. The van der Waals surface area contributed by atoms with Crippen molar-refractivity contribution < 1.29 is 14.8 Å². The number of aliphatic hydroxyl groups excluding tert-OH is 1. The summed E-state index contributed by atoms with van der Waals surface area (Å²) in [6, 6.07) is 9.24. The fourth-order valence-corrected chi connectivity index (χ4v) is 2.25. The van der Waals surface area contributed by atoms with Crippen molar-refractivity contribution in [2.45, 2.75) is 13.2 Å². The first-order valence-corrected chi connectivity index (χ1v) is 6.72. The van der Waals surface area contributed by atoms with Gasteiger partial charge in [0, 0.05) is 6.07 Å². The summed E-state index contributed by atoms with van der Waals surface area (Å²) in [4.78, 5) is 10.5. The molecule has 7 heteroatoms. The standard InChI is InChI=1S/C14H11Cl2NO4/c15-11-2-1-3-13(17(19)20)10(11)8-21-14-5-4-9(7-18)6-12(14)16/h1-6,18H,7-8H2. The number of benzene rings is 2. The van der Waals surface area contributed by atoms with Crippen molar-refractivity contribution >= 4 is 28.9 Å². The lowest BCUT2D eigenvalue weighted by Crippen LogP contribution is -2.02. The molecule has 21 heavy (non-hydrogen) atoms. The lowest BCUT2D eigenvalue weighted by Gasteiger charge is -2.10. The minimum Gasteiger partial charge on any atom is -0.487 e. The molecule has 0 aliphatic carbocycles. The molecule has 110 valence electrons. The molecule has 5 nitrogen and oxygen atoms in total. The zero-order chi connectivity index (χ0) is 15.4. The zero-order valence-electron chi connectivity index (χ0n) is 10.8. The van der Waals surface area contributed by atoms with Gasteiger partial charge in [0.25, 0.3) is 5.69 Å². The third-order valence-corrected chi connectivity index (χ3v) is 3.49. The van der Waals surface area contributed by atoms with Crippen LogP contribution in [0.5, 0.6) is 5.75 Å². The molecule has 2 aromatic carbocycles. The Morgan fingerprint density at radius 3 is 2.57 bits per heavy atom. The zero-order valence-corrected chi connectivity index (χ0v) is 12.3. The molecule has 2 aromatic rings. The maximum atomic E-state index is 11.0. The van der Waals surface area contributed by atoms with Gasteiger partial charge in [-0.05, 0) is 23.8 Å². The lowest BCUT2D eigenvalue weighted by molar-refractivity contribution is -0.385. The van der Waals surface area contributed by atoms with E-state index in [0.717, 1.165) is 0 Å². The number of aliphatic hydroxyl groups is 1. The van der Waals surface area contributed by atoms with Crippen molar-refractivity contribution in [1.29, 1.82) is 0 Å². The molecule has 2 rings (SSSR count). The Balaban J connectivity index is 2.22. The Labute approximate surface area is 130 Å². The first-order chi connectivity index (χ1) is 10.0.